The first-order valence-electron chi connectivity index (χ1n) is 6.76. The van der Waals surface area contributed by atoms with Crippen molar-refractivity contribution in [3.05, 3.63) is 75.6 Å². The molecule has 1 aromatic heterocycles. The van der Waals surface area contributed by atoms with E-state index in [4.69, 9.17) is 20.8 Å². The van der Waals surface area contributed by atoms with E-state index < -0.39 is 17.3 Å². The highest BCUT2D eigenvalue weighted by Gasteiger charge is 2.07. The number of hydrogen-bond acceptors (Lipinski definition) is 3. The topological polar surface area (TPSA) is 39.4 Å². The molecule has 0 amide bonds. The molecule has 118 valence electrons. The molecule has 0 aliphatic rings. The lowest BCUT2D eigenvalue weighted by Gasteiger charge is -2.08. The van der Waals surface area contributed by atoms with E-state index in [1.165, 1.54) is 12.1 Å². The predicted molar refractivity (Wildman–Crippen MR) is 82.7 cm³/mol. The molecular weight excluding hydrogens is 326 g/mol. The highest BCUT2D eigenvalue weighted by Crippen LogP contribution is 2.24. The zero-order valence-corrected chi connectivity index (χ0v) is 12.6. The molecule has 0 aliphatic carbocycles. The minimum absolute atomic E-state index is 0.0577. The van der Waals surface area contributed by atoms with Gasteiger partial charge in [0.25, 0.3) is 0 Å². The third kappa shape index (κ3) is 3.35. The molecular formula is C17H11ClF2O3. The fourth-order valence-electron chi connectivity index (χ4n) is 2.21. The summed E-state index contributed by atoms with van der Waals surface area (Å²) >= 11 is 5.81. The van der Waals surface area contributed by atoms with Gasteiger partial charge in [0.2, 0.25) is 0 Å². The van der Waals surface area contributed by atoms with Crippen LogP contribution in [0.1, 0.15) is 11.1 Å². The van der Waals surface area contributed by atoms with Crippen LogP contribution in [0.2, 0.25) is 0 Å². The van der Waals surface area contributed by atoms with Gasteiger partial charge < -0.3 is 9.15 Å². The Morgan fingerprint density at radius 2 is 1.87 bits per heavy atom. The van der Waals surface area contributed by atoms with Crippen LogP contribution in [0.3, 0.4) is 0 Å². The summed E-state index contributed by atoms with van der Waals surface area (Å²) in [6, 6.07) is 9.88. The van der Waals surface area contributed by atoms with Crippen molar-refractivity contribution < 1.29 is 17.9 Å². The molecule has 3 rings (SSSR count). The van der Waals surface area contributed by atoms with Crippen LogP contribution < -0.4 is 10.4 Å². The normalized spacial score (nSPS) is 10.9. The van der Waals surface area contributed by atoms with Crippen LogP contribution in [0.15, 0.2) is 51.7 Å². The fourth-order valence-corrected chi connectivity index (χ4v) is 2.43. The minimum atomic E-state index is -0.928. The number of hydrogen-bond donors (Lipinski definition) is 0. The van der Waals surface area contributed by atoms with Crippen molar-refractivity contribution in [2.24, 2.45) is 0 Å². The molecule has 0 bridgehead atoms. The van der Waals surface area contributed by atoms with Gasteiger partial charge in [-0.15, -0.1) is 11.6 Å². The van der Waals surface area contributed by atoms with Gasteiger partial charge in [0, 0.05) is 23.4 Å². The lowest BCUT2D eigenvalue weighted by atomic mass is 10.1. The van der Waals surface area contributed by atoms with E-state index in [2.05, 4.69) is 0 Å². The van der Waals surface area contributed by atoms with Crippen molar-refractivity contribution in [3.63, 3.8) is 0 Å². The lowest BCUT2D eigenvalue weighted by Crippen LogP contribution is -2.00. The third-order valence-corrected chi connectivity index (χ3v) is 3.62. The number of alkyl halides is 1. The summed E-state index contributed by atoms with van der Waals surface area (Å²) in [6.45, 7) is 0.0577. The molecule has 1 heterocycles. The summed E-state index contributed by atoms with van der Waals surface area (Å²) < 4.78 is 36.7. The van der Waals surface area contributed by atoms with E-state index in [-0.39, 0.29) is 12.5 Å². The van der Waals surface area contributed by atoms with E-state index in [0.717, 1.165) is 17.5 Å². The van der Waals surface area contributed by atoms with E-state index in [1.54, 1.807) is 18.2 Å². The zero-order chi connectivity index (χ0) is 16.4. The number of halogens is 3. The Morgan fingerprint density at radius 1 is 1.04 bits per heavy atom. The second-order valence-corrected chi connectivity index (χ2v) is 5.19. The van der Waals surface area contributed by atoms with Crippen LogP contribution in [0, 0.1) is 11.6 Å². The Kier molecular flexibility index (Phi) is 4.30. The average molecular weight is 337 g/mol. The molecule has 0 atom stereocenters. The van der Waals surface area contributed by atoms with Crippen molar-refractivity contribution in [2.75, 3.05) is 0 Å². The summed E-state index contributed by atoms with van der Waals surface area (Å²) in [6.07, 6.45) is 0. The highest BCUT2D eigenvalue weighted by atomic mass is 35.5. The molecule has 2 aromatic carbocycles. The molecule has 0 saturated carbocycles. The zero-order valence-electron chi connectivity index (χ0n) is 11.8. The van der Waals surface area contributed by atoms with Crippen molar-refractivity contribution in [2.45, 2.75) is 12.5 Å². The highest BCUT2D eigenvalue weighted by molar-refractivity contribution is 6.17. The molecule has 23 heavy (non-hydrogen) atoms. The van der Waals surface area contributed by atoms with Gasteiger partial charge in [-0.25, -0.2) is 13.6 Å². The van der Waals surface area contributed by atoms with Crippen LogP contribution in [-0.4, -0.2) is 0 Å². The maximum Gasteiger partial charge on any atom is 0.336 e. The lowest BCUT2D eigenvalue weighted by molar-refractivity contribution is 0.305. The quantitative estimate of drug-likeness (QED) is 0.524. The summed E-state index contributed by atoms with van der Waals surface area (Å²) in [4.78, 5) is 11.5. The minimum Gasteiger partial charge on any atom is -0.489 e. The molecule has 0 N–H and O–H groups in total. The van der Waals surface area contributed by atoms with E-state index >= 15 is 0 Å². The monoisotopic (exact) mass is 336 g/mol. The molecule has 0 saturated heterocycles. The van der Waals surface area contributed by atoms with Crippen LogP contribution in [0.4, 0.5) is 8.78 Å². The smallest absolute Gasteiger partial charge is 0.336 e. The summed E-state index contributed by atoms with van der Waals surface area (Å²) in [7, 11) is 0. The van der Waals surface area contributed by atoms with Crippen molar-refractivity contribution >= 4 is 22.6 Å². The first-order valence-corrected chi connectivity index (χ1v) is 7.30. The molecule has 0 fully saturated rings. The van der Waals surface area contributed by atoms with E-state index in [1.807, 2.05) is 0 Å². The Labute approximate surface area is 135 Å². The fraction of sp³-hybridized carbons (Fsp3) is 0.118. The second kappa shape index (κ2) is 6.38. The molecule has 3 aromatic rings. The summed E-state index contributed by atoms with van der Waals surface area (Å²) in [5.41, 5.74) is 1.02. The Bertz CT molecular complexity index is 921. The molecule has 6 heteroatoms. The van der Waals surface area contributed by atoms with Crippen molar-refractivity contribution in [3.8, 4) is 5.75 Å². The average Bonchev–Trinajstić information content (AvgIpc) is 2.54. The molecule has 0 spiro atoms. The van der Waals surface area contributed by atoms with Gasteiger partial charge in [0.1, 0.15) is 17.9 Å². The molecule has 3 nitrogen and oxygen atoms in total. The molecule has 0 radical (unpaired) electrons. The summed E-state index contributed by atoms with van der Waals surface area (Å²) in [5, 5.41) is 0.722. The van der Waals surface area contributed by atoms with Crippen LogP contribution in [0.5, 0.6) is 5.75 Å². The van der Waals surface area contributed by atoms with Gasteiger partial charge in [0.05, 0.1) is 0 Å². The largest absolute Gasteiger partial charge is 0.489 e. The number of rotatable bonds is 4. The van der Waals surface area contributed by atoms with Gasteiger partial charge in [-0.05, 0) is 35.4 Å². The van der Waals surface area contributed by atoms with E-state index in [0.29, 0.717) is 22.5 Å². The third-order valence-electron chi connectivity index (χ3n) is 3.34. The van der Waals surface area contributed by atoms with Gasteiger partial charge in [-0.3, -0.25) is 0 Å². The van der Waals surface area contributed by atoms with Gasteiger partial charge in [-0.2, -0.15) is 0 Å². The van der Waals surface area contributed by atoms with Crippen LogP contribution >= 0.6 is 11.6 Å². The maximum atomic E-state index is 13.1. The Balaban J connectivity index is 1.86. The van der Waals surface area contributed by atoms with Crippen molar-refractivity contribution in [1.29, 1.82) is 0 Å². The number of benzene rings is 2. The Morgan fingerprint density at radius 3 is 2.61 bits per heavy atom. The SMILES string of the molecule is O=c1cc(CCl)c2ccc(OCc3ccc(F)c(F)c3)cc2o1. The second-order valence-electron chi connectivity index (χ2n) is 4.92. The molecule has 0 unspecified atom stereocenters. The molecule has 0 aliphatic heterocycles. The maximum absolute atomic E-state index is 13.1. The van der Waals surface area contributed by atoms with Crippen molar-refractivity contribution in [1.82, 2.24) is 0 Å². The first kappa shape index (κ1) is 15.5. The van der Waals surface area contributed by atoms with E-state index in [9.17, 15) is 13.6 Å². The van der Waals surface area contributed by atoms with Gasteiger partial charge >= 0.3 is 5.63 Å². The summed E-state index contributed by atoms with van der Waals surface area (Å²) in [5.74, 6) is -1.20. The van der Waals surface area contributed by atoms with Gasteiger partial charge in [0.15, 0.2) is 11.6 Å². The van der Waals surface area contributed by atoms with Crippen LogP contribution in [0.25, 0.3) is 11.0 Å². The predicted octanol–water partition coefficient (Wildman–Crippen LogP) is 4.39. The number of fused-ring (bicyclic) bond motifs is 1. The van der Waals surface area contributed by atoms with Crippen LogP contribution in [-0.2, 0) is 12.5 Å². The standard InChI is InChI=1S/C17H11ClF2O3/c18-8-11-6-17(21)23-16-7-12(2-3-13(11)16)22-9-10-1-4-14(19)15(20)5-10/h1-7H,8-9H2. The van der Waals surface area contributed by atoms with Gasteiger partial charge in [-0.1, -0.05) is 6.07 Å². The number of ether oxygens (including phenoxy) is 1. The first-order chi connectivity index (χ1) is 11.1. The Hall–Kier alpha value is -2.40.